The van der Waals surface area contributed by atoms with Gasteiger partial charge in [0.05, 0.1) is 13.1 Å². The maximum atomic E-state index is 13.5. The highest BCUT2D eigenvalue weighted by Gasteiger charge is 2.18. The Bertz CT molecular complexity index is 1220. The standard InChI is InChI=1S/C30H24F2N2O2/c31-25-11-15-27(16-12-25)33(21-23-7-3-1-4-8-23)29(35)19-20-30(36)34(22-24-9-5-2-6-10-24)28-17-13-26(32)14-18-28/h1-20H,21-22H2/b20-19+. The molecular formula is C30H24F2N2O2. The van der Waals surface area contributed by atoms with Crippen molar-refractivity contribution in [1.29, 1.82) is 0 Å². The monoisotopic (exact) mass is 482 g/mol. The molecule has 0 aliphatic heterocycles. The van der Waals surface area contributed by atoms with Crippen molar-refractivity contribution >= 4 is 23.2 Å². The van der Waals surface area contributed by atoms with Crippen molar-refractivity contribution in [3.05, 3.63) is 144 Å². The van der Waals surface area contributed by atoms with Crippen molar-refractivity contribution < 1.29 is 18.4 Å². The lowest BCUT2D eigenvalue weighted by Crippen LogP contribution is -2.31. The van der Waals surface area contributed by atoms with Crippen LogP contribution in [0.15, 0.2) is 121 Å². The minimum atomic E-state index is -0.433. The molecule has 2 amide bonds. The van der Waals surface area contributed by atoms with E-state index in [0.717, 1.165) is 11.1 Å². The van der Waals surface area contributed by atoms with Gasteiger partial charge < -0.3 is 9.80 Å². The number of halogens is 2. The van der Waals surface area contributed by atoms with Crippen molar-refractivity contribution in [3.8, 4) is 0 Å². The topological polar surface area (TPSA) is 40.6 Å². The van der Waals surface area contributed by atoms with Crippen LogP contribution >= 0.6 is 0 Å². The number of rotatable bonds is 8. The Labute approximate surface area is 208 Å². The normalized spacial score (nSPS) is 10.8. The number of carbonyl (C=O) groups excluding carboxylic acids is 2. The second kappa shape index (κ2) is 11.7. The van der Waals surface area contributed by atoms with Crippen LogP contribution in [-0.2, 0) is 22.7 Å². The molecule has 0 radical (unpaired) electrons. The quantitative estimate of drug-likeness (QED) is 0.277. The molecule has 4 rings (SSSR count). The second-order valence-corrected chi connectivity index (χ2v) is 8.11. The number of hydrogen-bond donors (Lipinski definition) is 0. The zero-order valence-electron chi connectivity index (χ0n) is 19.4. The molecule has 4 aromatic rings. The fraction of sp³-hybridized carbons (Fsp3) is 0.0667. The third-order valence-electron chi connectivity index (χ3n) is 5.54. The number of anilines is 2. The lowest BCUT2D eigenvalue weighted by molar-refractivity contribution is -0.116. The van der Waals surface area contributed by atoms with Crippen molar-refractivity contribution in [2.24, 2.45) is 0 Å². The fourth-order valence-corrected chi connectivity index (χ4v) is 3.69. The van der Waals surface area contributed by atoms with Gasteiger partial charge in [0.1, 0.15) is 11.6 Å². The highest BCUT2D eigenvalue weighted by molar-refractivity contribution is 6.08. The van der Waals surface area contributed by atoms with Gasteiger partial charge in [-0.3, -0.25) is 9.59 Å². The van der Waals surface area contributed by atoms with Gasteiger partial charge >= 0.3 is 0 Å². The Morgan fingerprint density at radius 1 is 0.528 bits per heavy atom. The van der Waals surface area contributed by atoms with Crippen LogP contribution in [0.5, 0.6) is 0 Å². The van der Waals surface area contributed by atoms with Gasteiger partial charge in [0.2, 0.25) is 0 Å². The minimum absolute atomic E-state index is 0.246. The Morgan fingerprint density at radius 3 is 1.19 bits per heavy atom. The summed E-state index contributed by atoms with van der Waals surface area (Å²) in [5.41, 5.74) is 2.77. The third kappa shape index (κ3) is 6.51. The summed E-state index contributed by atoms with van der Waals surface area (Å²) in [6.45, 7) is 0.491. The molecule has 0 aliphatic carbocycles. The van der Waals surface area contributed by atoms with Gasteiger partial charge in [-0.25, -0.2) is 8.78 Å². The minimum Gasteiger partial charge on any atom is -0.304 e. The number of nitrogens with zero attached hydrogens (tertiary/aromatic N) is 2. The highest BCUT2D eigenvalue weighted by atomic mass is 19.1. The van der Waals surface area contributed by atoms with Gasteiger partial charge in [0.25, 0.3) is 11.8 Å². The van der Waals surface area contributed by atoms with Gasteiger partial charge in [0.15, 0.2) is 0 Å². The first-order valence-electron chi connectivity index (χ1n) is 11.4. The van der Waals surface area contributed by atoms with E-state index >= 15 is 0 Å². The first-order chi connectivity index (χ1) is 17.5. The van der Waals surface area contributed by atoms with Crippen molar-refractivity contribution in [1.82, 2.24) is 0 Å². The average molecular weight is 483 g/mol. The second-order valence-electron chi connectivity index (χ2n) is 8.11. The van der Waals surface area contributed by atoms with E-state index in [1.54, 1.807) is 0 Å². The first kappa shape index (κ1) is 24.5. The number of carbonyl (C=O) groups is 2. The molecule has 36 heavy (non-hydrogen) atoms. The van der Waals surface area contributed by atoms with E-state index in [2.05, 4.69) is 0 Å². The third-order valence-corrected chi connectivity index (χ3v) is 5.54. The molecule has 0 heterocycles. The van der Waals surface area contributed by atoms with Crippen LogP contribution < -0.4 is 9.80 Å². The van der Waals surface area contributed by atoms with Crippen LogP contribution in [0.25, 0.3) is 0 Å². The number of hydrogen-bond acceptors (Lipinski definition) is 2. The molecule has 6 heteroatoms. The van der Waals surface area contributed by atoms with E-state index in [-0.39, 0.29) is 13.1 Å². The largest absolute Gasteiger partial charge is 0.304 e. The molecule has 0 aromatic heterocycles. The van der Waals surface area contributed by atoms with Gasteiger partial charge in [0, 0.05) is 23.5 Å². The van der Waals surface area contributed by atoms with E-state index < -0.39 is 23.4 Å². The molecule has 4 nitrogen and oxygen atoms in total. The Hall–Kier alpha value is -4.58. The van der Waals surface area contributed by atoms with Crippen molar-refractivity contribution in [3.63, 3.8) is 0 Å². The van der Waals surface area contributed by atoms with Crippen LogP contribution in [-0.4, -0.2) is 11.8 Å². The van der Waals surface area contributed by atoms with E-state index in [0.29, 0.717) is 11.4 Å². The van der Waals surface area contributed by atoms with Gasteiger partial charge in [-0.05, 0) is 59.7 Å². The summed E-state index contributed by atoms with van der Waals surface area (Å²) in [6, 6.07) is 30.0. The summed E-state index contributed by atoms with van der Waals surface area (Å²) < 4.78 is 27.0. The SMILES string of the molecule is O=C(/C=C/C(=O)N(Cc1ccccc1)c1ccc(F)cc1)N(Cc1ccccc1)c1ccc(F)cc1. The fourth-order valence-electron chi connectivity index (χ4n) is 3.69. The first-order valence-corrected chi connectivity index (χ1v) is 11.4. The van der Waals surface area contributed by atoms with E-state index in [9.17, 15) is 18.4 Å². The predicted molar refractivity (Wildman–Crippen MR) is 137 cm³/mol. The molecule has 0 bridgehead atoms. The number of benzene rings is 4. The summed E-state index contributed by atoms with van der Waals surface area (Å²) in [4.78, 5) is 29.4. The van der Waals surface area contributed by atoms with Crippen LogP contribution in [0.2, 0.25) is 0 Å². The molecule has 0 N–H and O–H groups in total. The smallest absolute Gasteiger partial charge is 0.251 e. The van der Waals surface area contributed by atoms with Gasteiger partial charge in [-0.1, -0.05) is 60.7 Å². The van der Waals surface area contributed by atoms with Gasteiger partial charge in [-0.2, -0.15) is 0 Å². The Balaban J connectivity index is 1.59. The van der Waals surface area contributed by atoms with Gasteiger partial charge in [-0.15, -0.1) is 0 Å². The molecule has 0 atom stereocenters. The summed E-state index contributed by atoms with van der Waals surface area (Å²) in [5.74, 6) is -1.69. The molecule has 0 aliphatic rings. The maximum absolute atomic E-state index is 13.5. The molecule has 0 unspecified atom stereocenters. The zero-order valence-corrected chi connectivity index (χ0v) is 19.4. The van der Waals surface area contributed by atoms with E-state index in [1.807, 2.05) is 60.7 Å². The molecule has 4 aromatic carbocycles. The van der Waals surface area contributed by atoms with E-state index in [4.69, 9.17) is 0 Å². The average Bonchev–Trinajstić information content (AvgIpc) is 2.91. The predicted octanol–water partition coefficient (Wildman–Crippen LogP) is 6.29. The lowest BCUT2D eigenvalue weighted by atomic mass is 10.1. The zero-order chi connectivity index (χ0) is 25.3. The van der Waals surface area contributed by atoms with Crippen LogP contribution in [0.3, 0.4) is 0 Å². The van der Waals surface area contributed by atoms with E-state index in [1.165, 1.54) is 70.5 Å². The summed E-state index contributed by atoms with van der Waals surface area (Å²) in [6.07, 6.45) is 2.41. The van der Waals surface area contributed by atoms with Crippen LogP contribution in [0, 0.1) is 11.6 Å². The Morgan fingerprint density at radius 2 is 0.861 bits per heavy atom. The van der Waals surface area contributed by atoms with Crippen LogP contribution in [0.4, 0.5) is 20.2 Å². The van der Waals surface area contributed by atoms with Crippen molar-refractivity contribution in [2.75, 3.05) is 9.80 Å². The molecule has 0 spiro atoms. The molecule has 0 fully saturated rings. The maximum Gasteiger partial charge on any atom is 0.251 e. The summed E-state index contributed by atoms with van der Waals surface area (Å²) >= 11 is 0. The molecule has 0 saturated carbocycles. The molecule has 180 valence electrons. The van der Waals surface area contributed by atoms with Crippen molar-refractivity contribution in [2.45, 2.75) is 13.1 Å². The number of amides is 2. The lowest BCUT2D eigenvalue weighted by Gasteiger charge is -2.23. The summed E-state index contributed by atoms with van der Waals surface area (Å²) in [5, 5.41) is 0. The summed E-state index contributed by atoms with van der Waals surface area (Å²) in [7, 11) is 0. The molecular weight excluding hydrogens is 458 g/mol. The van der Waals surface area contributed by atoms with Crippen LogP contribution in [0.1, 0.15) is 11.1 Å². The highest BCUT2D eigenvalue weighted by Crippen LogP contribution is 2.21. The Kier molecular flexibility index (Phi) is 7.98. The molecule has 0 saturated heterocycles.